The van der Waals surface area contributed by atoms with E-state index in [9.17, 15) is 14.7 Å². The molecule has 0 aromatic carbocycles. The number of carbonyl (C=O) groups is 2. The smallest absolute Gasteiger partial charge is 0.332 e. The van der Waals surface area contributed by atoms with Gasteiger partial charge in [0.15, 0.2) is 5.54 Å². The molecule has 0 aliphatic carbocycles. The van der Waals surface area contributed by atoms with Gasteiger partial charge in [0.05, 0.1) is 18.8 Å². The first-order chi connectivity index (χ1) is 8.46. The van der Waals surface area contributed by atoms with Gasteiger partial charge >= 0.3 is 12.0 Å². The maximum absolute atomic E-state index is 11.9. The molecule has 0 spiro atoms. The van der Waals surface area contributed by atoms with Crippen LogP contribution in [0, 0.1) is 0 Å². The Balaban J connectivity index is 1.95. The predicted octanol–water partition coefficient (Wildman–Crippen LogP) is -0.292. The lowest BCUT2D eigenvalue weighted by molar-refractivity contribution is -0.144. The van der Waals surface area contributed by atoms with E-state index in [1.54, 1.807) is 0 Å². The average molecular weight is 258 g/mol. The van der Waals surface area contributed by atoms with Crippen LogP contribution in [-0.4, -0.2) is 54.6 Å². The van der Waals surface area contributed by atoms with E-state index in [0.29, 0.717) is 19.8 Å². The molecule has 0 bridgehead atoms. The van der Waals surface area contributed by atoms with Crippen molar-refractivity contribution in [3.63, 3.8) is 0 Å². The largest absolute Gasteiger partial charge is 0.479 e. The number of aliphatic carboxylic acids is 1. The lowest BCUT2D eigenvalue weighted by atomic mass is 9.99. The lowest BCUT2D eigenvalue weighted by Crippen LogP contribution is -2.61. The van der Waals surface area contributed by atoms with Gasteiger partial charge in [-0.25, -0.2) is 9.59 Å². The summed E-state index contributed by atoms with van der Waals surface area (Å²) in [7, 11) is 0. The van der Waals surface area contributed by atoms with Crippen molar-refractivity contribution in [2.45, 2.75) is 30.8 Å². The molecule has 0 radical (unpaired) electrons. The molecule has 2 aliphatic rings. The molecule has 2 aliphatic heterocycles. The van der Waals surface area contributed by atoms with Crippen molar-refractivity contribution in [1.29, 1.82) is 0 Å². The monoisotopic (exact) mass is 258 g/mol. The second kappa shape index (κ2) is 4.74. The van der Waals surface area contributed by atoms with Crippen molar-refractivity contribution in [3.8, 4) is 0 Å². The highest BCUT2D eigenvalue weighted by atomic mass is 16.5. The summed E-state index contributed by atoms with van der Waals surface area (Å²) >= 11 is 0. The summed E-state index contributed by atoms with van der Waals surface area (Å²) in [4.78, 5) is 23.1. The third-order valence-corrected chi connectivity index (χ3v) is 3.42. The van der Waals surface area contributed by atoms with Crippen LogP contribution in [0.2, 0.25) is 0 Å². The summed E-state index contributed by atoms with van der Waals surface area (Å²) in [6, 6.07) is -0.490. The Morgan fingerprint density at radius 3 is 2.28 bits per heavy atom. The molecule has 2 unspecified atom stereocenters. The maximum atomic E-state index is 11.9. The Kier molecular flexibility index (Phi) is 3.45. The Morgan fingerprint density at radius 2 is 1.78 bits per heavy atom. The van der Waals surface area contributed by atoms with Gasteiger partial charge in [-0.05, 0) is 13.3 Å². The highest BCUT2D eigenvalue weighted by Crippen LogP contribution is 2.20. The summed E-state index contributed by atoms with van der Waals surface area (Å²) in [5.74, 6) is -1.07. The minimum absolute atomic E-state index is 0.00294. The quantitative estimate of drug-likeness (QED) is 0.646. The van der Waals surface area contributed by atoms with Crippen LogP contribution in [0.5, 0.6) is 0 Å². The number of hydrogen-bond acceptors (Lipinski definition) is 4. The number of carbonyl (C=O) groups excluding carboxylic acids is 1. The van der Waals surface area contributed by atoms with Gasteiger partial charge in [0.2, 0.25) is 0 Å². The van der Waals surface area contributed by atoms with Crippen LogP contribution in [0.15, 0.2) is 0 Å². The molecule has 7 nitrogen and oxygen atoms in total. The molecular weight excluding hydrogens is 240 g/mol. The minimum atomic E-state index is -1.31. The van der Waals surface area contributed by atoms with Crippen LogP contribution in [0.25, 0.3) is 0 Å². The van der Waals surface area contributed by atoms with E-state index in [2.05, 4.69) is 10.6 Å². The first kappa shape index (κ1) is 13.1. The first-order valence-electron chi connectivity index (χ1n) is 5.95. The molecule has 2 saturated heterocycles. The van der Waals surface area contributed by atoms with Crippen LogP contribution in [0.1, 0.15) is 19.8 Å². The minimum Gasteiger partial charge on any atom is -0.479 e. The van der Waals surface area contributed by atoms with Crippen molar-refractivity contribution in [2.75, 3.05) is 26.4 Å². The first-order valence-corrected chi connectivity index (χ1v) is 5.95. The zero-order valence-electron chi connectivity index (χ0n) is 10.3. The van der Waals surface area contributed by atoms with E-state index in [4.69, 9.17) is 9.47 Å². The number of rotatable bonds is 3. The number of urea groups is 1. The highest BCUT2D eigenvalue weighted by Gasteiger charge is 2.45. The summed E-state index contributed by atoms with van der Waals surface area (Å²) in [5, 5.41) is 14.5. The molecule has 0 aromatic heterocycles. The van der Waals surface area contributed by atoms with Crippen molar-refractivity contribution in [2.24, 2.45) is 0 Å². The molecule has 102 valence electrons. The van der Waals surface area contributed by atoms with Crippen LogP contribution in [0.4, 0.5) is 4.79 Å². The van der Waals surface area contributed by atoms with Gasteiger partial charge in [0.25, 0.3) is 0 Å². The van der Waals surface area contributed by atoms with Crippen molar-refractivity contribution in [3.05, 3.63) is 0 Å². The standard InChI is InChI=1S/C11H18N2O5/c1-10(2-4-17-6-10)12-9(16)13-11(8(14)15)3-5-18-7-11/h2-7H2,1H3,(H,14,15)(H2,12,13,16). The topological polar surface area (TPSA) is 96.9 Å². The van der Waals surface area contributed by atoms with Crippen LogP contribution < -0.4 is 10.6 Å². The number of ether oxygens (including phenoxy) is 2. The van der Waals surface area contributed by atoms with Crippen molar-refractivity contribution in [1.82, 2.24) is 10.6 Å². The number of amides is 2. The van der Waals surface area contributed by atoms with Gasteiger partial charge in [-0.1, -0.05) is 0 Å². The van der Waals surface area contributed by atoms with Crippen LogP contribution in [-0.2, 0) is 14.3 Å². The third kappa shape index (κ3) is 2.56. The number of carboxylic acids is 1. The molecule has 0 aromatic rings. The molecule has 2 fully saturated rings. The number of hydrogen-bond donors (Lipinski definition) is 3. The van der Waals surface area contributed by atoms with Gasteiger partial charge in [-0.15, -0.1) is 0 Å². The second-order valence-corrected chi connectivity index (χ2v) is 5.13. The van der Waals surface area contributed by atoms with E-state index < -0.39 is 23.1 Å². The molecule has 2 atom stereocenters. The SMILES string of the molecule is CC1(NC(=O)NC2(C(=O)O)CCOC2)CCOC1. The fraction of sp³-hybridized carbons (Fsp3) is 0.818. The van der Waals surface area contributed by atoms with Crippen LogP contribution in [0.3, 0.4) is 0 Å². The third-order valence-electron chi connectivity index (χ3n) is 3.42. The Labute approximate surface area is 105 Å². The van der Waals surface area contributed by atoms with Gasteiger partial charge in [0, 0.05) is 19.6 Å². The fourth-order valence-electron chi connectivity index (χ4n) is 2.17. The van der Waals surface area contributed by atoms with E-state index in [-0.39, 0.29) is 13.0 Å². The number of carboxylic acid groups (broad SMARTS) is 1. The van der Waals surface area contributed by atoms with Gasteiger partial charge in [-0.3, -0.25) is 0 Å². The van der Waals surface area contributed by atoms with E-state index in [1.165, 1.54) is 0 Å². The summed E-state index contributed by atoms with van der Waals surface area (Å²) in [5.41, 5.74) is -1.73. The average Bonchev–Trinajstić information content (AvgIpc) is 2.88. The molecule has 2 rings (SSSR count). The van der Waals surface area contributed by atoms with E-state index >= 15 is 0 Å². The Morgan fingerprint density at radius 1 is 1.11 bits per heavy atom. The molecule has 18 heavy (non-hydrogen) atoms. The zero-order valence-corrected chi connectivity index (χ0v) is 10.3. The summed E-state index contributed by atoms with van der Waals surface area (Å²) < 4.78 is 10.3. The normalized spacial score (nSPS) is 35.4. The fourth-order valence-corrected chi connectivity index (χ4v) is 2.17. The Hall–Kier alpha value is -1.34. The van der Waals surface area contributed by atoms with Crippen molar-refractivity contribution >= 4 is 12.0 Å². The number of nitrogens with one attached hydrogen (secondary N) is 2. The van der Waals surface area contributed by atoms with Crippen molar-refractivity contribution < 1.29 is 24.2 Å². The molecule has 2 heterocycles. The zero-order chi connectivity index (χ0) is 13.2. The van der Waals surface area contributed by atoms with E-state index in [1.807, 2.05) is 6.92 Å². The molecule has 7 heteroatoms. The van der Waals surface area contributed by atoms with Gasteiger partial charge in [-0.2, -0.15) is 0 Å². The molecule has 0 saturated carbocycles. The summed E-state index contributed by atoms with van der Waals surface area (Å²) in [6.45, 7) is 3.26. The maximum Gasteiger partial charge on any atom is 0.332 e. The predicted molar refractivity (Wildman–Crippen MR) is 61.3 cm³/mol. The summed E-state index contributed by atoms with van der Waals surface area (Å²) in [6.07, 6.45) is 1.000. The van der Waals surface area contributed by atoms with Gasteiger partial charge < -0.3 is 25.2 Å². The Bertz CT molecular complexity index is 345. The lowest BCUT2D eigenvalue weighted by Gasteiger charge is -2.28. The molecule has 3 N–H and O–H groups in total. The molecular formula is C11H18N2O5. The van der Waals surface area contributed by atoms with Gasteiger partial charge in [0.1, 0.15) is 0 Å². The second-order valence-electron chi connectivity index (χ2n) is 5.13. The van der Waals surface area contributed by atoms with Crippen LogP contribution >= 0.6 is 0 Å². The van der Waals surface area contributed by atoms with E-state index in [0.717, 1.165) is 6.42 Å². The highest BCUT2D eigenvalue weighted by molar-refractivity contribution is 5.87. The molecule has 2 amide bonds.